The molecular weight excluding hydrogens is 352 g/mol. The highest BCUT2D eigenvalue weighted by Crippen LogP contribution is 2.26. The lowest BCUT2D eigenvalue weighted by atomic mass is 10.1. The number of benzene rings is 2. The van der Waals surface area contributed by atoms with E-state index in [4.69, 9.17) is 4.74 Å². The number of fused-ring (bicyclic) bond motifs is 1. The molecule has 0 aliphatic heterocycles. The summed E-state index contributed by atoms with van der Waals surface area (Å²) in [7, 11) is -2.23. The zero-order valence-corrected chi connectivity index (χ0v) is 15.7. The maximum absolute atomic E-state index is 12.1. The lowest BCUT2D eigenvalue weighted by molar-refractivity contribution is -0.118. The number of sulfonamides is 1. The van der Waals surface area contributed by atoms with Crippen LogP contribution in [0, 0.1) is 6.92 Å². The van der Waals surface area contributed by atoms with Gasteiger partial charge in [-0.25, -0.2) is 13.1 Å². The molecule has 1 aliphatic carbocycles. The summed E-state index contributed by atoms with van der Waals surface area (Å²) in [4.78, 5) is 12.3. The molecule has 0 fully saturated rings. The molecule has 2 N–H and O–H groups in total. The van der Waals surface area contributed by atoms with Crippen molar-refractivity contribution in [1.82, 2.24) is 4.72 Å². The van der Waals surface area contributed by atoms with Crippen LogP contribution in [0.1, 0.15) is 23.1 Å². The number of carbonyl (C=O) groups is 1. The van der Waals surface area contributed by atoms with Gasteiger partial charge in [0.2, 0.25) is 10.0 Å². The lowest BCUT2D eigenvalue weighted by Gasteiger charge is -2.11. The highest BCUT2D eigenvalue weighted by atomic mass is 32.2. The SMILES string of the molecule is CNS(=O)(=O)c1cc(NC(=O)COc2ccc3c(c2)CCC3)ccc1C. The fourth-order valence-electron chi connectivity index (χ4n) is 3.06. The first-order valence-electron chi connectivity index (χ1n) is 8.48. The van der Waals surface area contributed by atoms with Crippen molar-refractivity contribution in [3.05, 3.63) is 53.1 Å². The van der Waals surface area contributed by atoms with Crippen molar-refractivity contribution >= 4 is 21.6 Å². The van der Waals surface area contributed by atoms with Gasteiger partial charge in [0.25, 0.3) is 5.91 Å². The number of hydrogen-bond acceptors (Lipinski definition) is 4. The monoisotopic (exact) mass is 374 g/mol. The Bertz CT molecular complexity index is 939. The summed E-state index contributed by atoms with van der Waals surface area (Å²) in [6.45, 7) is 1.56. The third kappa shape index (κ3) is 4.05. The summed E-state index contributed by atoms with van der Waals surface area (Å²) in [6.07, 6.45) is 3.30. The number of nitrogens with one attached hydrogen (secondary N) is 2. The highest BCUT2D eigenvalue weighted by Gasteiger charge is 2.16. The average molecular weight is 374 g/mol. The van der Waals surface area contributed by atoms with Crippen molar-refractivity contribution < 1.29 is 17.9 Å². The number of ether oxygens (including phenoxy) is 1. The molecule has 26 heavy (non-hydrogen) atoms. The van der Waals surface area contributed by atoms with Gasteiger partial charge in [-0.2, -0.15) is 0 Å². The van der Waals surface area contributed by atoms with Gasteiger partial charge in [0, 0.05) is 5.69 Å². The van der Waals surface area contributed by atoms with E-state index in [-0.39, 0.29) is 17.4 Å². The summed E-state index contributed by atoms with van der Waals surface area (Å²) >= 11 is 0. The van der Waals surface area contributed by atoms with Crippen LogP contribution >= 0.6 is 0 Å². The third-order valence-electron chi connectivity index (χ3n) is 4.47. The quantitative estimate of drug-likeness (QED) is 0.813. The maximum atomic E-state index is 12.1. The van der Waals surface area contributed by atoms with Gasteiger partial charge < -0.3 is 10.1 Å². The molecule has 1 amide bonds. The Kier molecular flexibility index (Phi) is 5.29. The van der Waals surface area contributed by atoms with Gasteiger partial charge in [-0.15, -0.1) is 0 Å². The van der Waals surface area contributed by atoms with E-state index in [1.54, 1.807) is 19.1 Å². The van der Waals surface area contributed by atoms with Gasteiger partial charge in [0.05, 0.1) is 4.90 Å². The van der Waals surface area contributed by atoms with Crippen molar-refractivity contribution in [2.45, 2.75) is 31.1 Å². The maximum Gasteiger partial charge on any atom is 0.262 e. The molecule has 3 rings (SSSR count). The second kappa shape index (κ2) is 7.47. The number of aryl methyl sites for hydroxylation is 3. The Balaban J connectivity index is 1.64. The number of carbonyl (C=O) groups excluding carboxylic acids is 1. The van der Waals surface area contributed by atoms with Crippen LogP contribution in [0.4, 0.5) is 5.69 Å². The smallest absolute Gasteiger partial charge is 0.262 e. The number of hydrogen-bond donors (Lipinski definition) is 2. The van der Waals surface area contributed by atoms with Crippen LogP contribution in [0.25, 0.3) is 0 Å². The Morgan fingerprint density at radius 3 is 2.65 bits per heavy atom. The van der Waals surface area contributed by atoms with E-state index in [1.807, 2.05) is 18.2 Å². The van der Waals surface area contributed by atoms with Gasteiger partial charge in [-0.3, -0.25) is 4.79 Å². The first-order valence-corrected chi connectivity index (χ1v) is 9.96. The summed E-state index contributed by atoms with van der Waals surface area (Å²) in [5.74, 6) is 0.324. The molecule has 2 aromatic rings. The molecule has 0 unspecified atom stereocenters. The molecule has 6 nitrogen and oxygen atoms in total. The van der Waals surface area contributed by atoms with Crippen molar-refractivity contribution in [1.29, 1.82) is 0 Å². The van der Waals surface area contributed by atoms with Gasteiger partial charge in [0.1, 0.15) is 5.75 Å². The second-order valence-corrected chi connectivity index (χ2v) is 8.16. The molecule has 0 heterocycles. The average Bonchev–Trinajstić information content (AvgIpc) is 3.09. The molecule has 0 radical (unpaired) electrons. The van der Waals surface area contributed by atoms with Gasteiger partial charge in [0.15, 0.2) is 6.61 Å². The summed E-state index contributed by atoms with van der Waals surface area (Å²) < 4.78 is 31.9. The molecule has 0 aromatic heterocycles. The standard InChI is InChI=1S/C19H22N2O4S/c1-13-6-8-16(11-18(13)26(23,24)20-2)21-19(22)12-25-17-9-7-14-4-3-5-15(14)10-17/h6-11,20H,3-5,12H2,1-2H3,(H,21,22). The normalized spacial score (nSPS) is 13.3. The fourth-order valence-corrected chi connectivity index (χ4v) is 4.06. The minimum Gasteiger partial charge on any atom is -0.484 e. The molecule has 0 saturated carbocycles. The van der Waals surface area contributed by atoms with Crippen molar-refractivity contribution in [3.8, 4) is 5.75 Å². The van der Waals surface area contributed by atoms with E-state index in [9.17, 15) is 13.2 Å². The van der Waals surface area contributed by atoms with E-state index in [0.717, 1.165) is 19.3 Å². The molecule has 0 spiro atoms. The molecule has 7 heteroatoms. The molecule has 0 atom stereocenters. The minimum atomic E-state index is -3.58. The summed E-state index contributed by atoms with van der Waals surface area (Å²) in [6, 6.07) is 10.7. The largest absolute Gasteiger partial charge is 0.484 e. The van der Waals surface area contributed by atoms with Crippen LogP contribution in [0.2, 0.25) is 0 Å². The predicted octanol–water partition coefficient (Wildman–Crippen LogP) is 2.41. The first-order chi connectivity index (χ1) is 12.4. The molecular formula is C19H22N2O4S. The summed E-state index contributed by atoms with van der Waals surface area (Å²) in [5, 5.41) is 2.67. The third-order valence-corrected chi connectivity index (χ3v) is 6.03. The minimum absolute atomic E-state index is 0.136. The highest BCUT2D eigenvalue weighted by molar-refractivity contribution is 7.89. The van der Waals surface area contributed by atoms with Crippen LogP contribution < -0.4 is 14.8 Å². The molecule has 2 aromatic carbocycles. The summed E-state index contributed by atoms with van der Waals surface area (Å²) in [5.41, 5.74) is 3.64. The number of amides is 1. The van der Waals surface area contributed by atoms with E-state index in [1.165, 1.54) is 24.2 Å². The van der Waals surface area contributed by atoms with Crippen LogP contribution in [-0.4, -0.2) is 28.0 Å². The van der Waals surface area contributed by atoms with Crippen LogP contribution in [-0.2, 0) is 27.7 Å². The van der Waals surface area contributed by atoms with E-state index < -0.39 is 10.0 Å². The molecule has 0 bridgehead atoms. The van der Waals surface area contributed by atoms with Gasteiger partial charge >= 0.3 is 0 Å². The predicted molar refractivity (Wildman–Crippen MR) is 100 cm³/mol. The van der Waals surface area contributed by atoms with Gasteiger partial charge in [-0.1, -0.05) is 12.1 Å². The van der Waals surface area contributed by atoms with E-state index >= 15 is 0 Å². The lowest BCUT2D eigenvalue weighted by Crippen LogP contribution is -2.22. The Morgan fingerprint density at radius 2 is 1.88 bits per heavy atom. The Morgan fingerprint density at radius 1 is 1.12 bits per heavy atom. The zero-order valence-electron chi connectivity index (χ0n) is 14.8. The zero-order chi connectivity index (χ0) is 18.7. The second-order valence-electron chi connectivity index (χ2n) is 6.31. The molecule has 1 aliphatic rings. The fraction of sp³-hybridized carbons (Fsp3) is 0.316. The number of anilines is 1. The first kappa shape index (κ1) is 18.4. The van der Waals surface area contributed by atoms with Crippen molar-refractivity contribution in [2.75, 3.05) is 19.0 Å². The Labute approximate surface area is 153 Å². The Hall–Kier alpha value is -2.38. The van der Waals surface area contributed by atoms with E-state index in [2.05, 4.69) is 10.0 Å². The van der Waals surface area contributed by atoms with Crippen LogP contribution in [0.5, 0.6) is 5.75 Å². The molecule has 138 valence electrons. The molecule has 0 saturated heterocycles. The van der Waals surface area contributed by atoms with Crippen molar-refractivity contribution in [3.63, 3.8) is 0 Å². The van der Waals surface area contributed by atoms with Gasteiger partial charge in [-0.05, 0) is 74.2 Å². The van der Waals surface area contributed by atoms with Crippen LogP contribution in [0.15, 0.2) is 41.3 Å². The van der Waals surface area contributed by atoms with Crippen LogP contribution in [0.3, 0.4) is 0 Å². The number of rotatable bonds is 6. The van der Waals surface area contributed by atoms with E-state index in [0.29, 0.717) is 17.0 Å². The van der Waals surface area contributed by atoms with Crippen molar-refractivity contribution in [2.24, 2.45) is 0 Å². The topological polar surface area (TPSA) is 84.5 Å².